The predicted octanol–water partition coefficient (Wildman–Crippen LogP) is 0.929. The molecule has 4 N–H and O–H groups in total. The van der Waals surface area contributed by atoms with E-state index in [-0.39, 0.29) is 12.1 Å². The molecular weight excluding hydrogens is 245 g/mol. The van der Waals surface area contributed by atoms with Crippen LogP contribution in [0.2, 0.25) is 0 Å². The van der Waals surface area contributed by atoms with Gasteiger partial charge in [-0.2, -0.15) is 0 Å². The Morgan fingerprint density at radius 1 is 1.53 bits per heavy atom. The number of alkyl halides is 3. The van der Waals surface area contributed by atoms with Crippen LogP contribution in [0.15, 0.2) is 6.07 Å². The molecule has 0 unspecified atom stereocenters. The van der Waals surface area contributed by atoms with Crippen molar-refractivity contribution in [1.82, 2.24) is 4.98 Å². The number of pyridine rings is 1. The Balaban J connectivity index is 3.23. The number of rotatable bonds is 3. The third-order valence-corrected chi connectivity index (χ3v) is 1.69. The second-order valence-electron chi connectivity index (χ2n) is 2.86. The standard InChI is InChI=1S/C7H7F3N4O3/c8-7(9,10)17-4-1-3(2-11)6(14(15)16)13-5(4)12/h1H,2,11H2,(H2,12,13). The van der Waals surface area contributed by atoms with E-state index in [0.29, 0.717) is 0 Å². The molecule has 0 aromatic carbocycles. The van der Waals surface area contributed by atoms with Gasteiger partial charge in [0.1, 0.15) is 0 Å². The zero-order chi connectivity index (χ0) is 13.2. The van der Waals surface area contributed by atoms with Crippen LogP contribution in [0.3, 0.4) is 0 Å². The van der Waals surface area contributed by atoms with E-state index in [2.05, 4.69) is 9.72 Å². The Labute approximate surface area is 92.3 Å². The van der Waals surface area contributed by atoms with Crippen molar-refractivity contribution >= 4 is 11.6 Å². The summed E-state index contributed by atoms with van der Waals surface area (Å²) in [5.41, 5.74) is 10.1. The number of aromatic nitrogens is 1. The fourth-order valence-corrected chi connectivity index (χ4v) is 1.05. The van der Waals surface area contributed by atoms with Gasteiger partial charge >= 0.3 is 12.2 Å². The van der Waals surface area contributed by atoms with Crippen LogP contribution in [0.25, 0.3) is 0 Å². The zero-order valence-corrected chi connectivity index (χ0v) is 8.19. The number of nitrogens with two attached hydrogens (primary N) is 2. The Morgan fingerprint density at radius 3 is 2.53 bits per heavy atom. The quantitative estimate of drug-likeness (QED) is 0.610. The summed E-state index contributed by atoms with van der Waals surface area (Å²) in [6.45, 7) is -0.363. The lowest BCUT2D eigenvalue weighted by molar-refractivity contribution is -0.390. The van der Waals surface area contributed by atoms with Gasteiger partial charge in [-0.3, -0.25) is 0 Å². The maximum absolute atomic E-state index is 11.9. The van der Waals surface area contributed by atoms with Crippen molar-refractivity contribution in [2.75, 3.05) is 5.73 Å². The van der Waals surface area contributed by atoms with Crippen molar-refractivity contribution in [2.45, 2.75) is 12.9 Å². The molecule has 1 heterocycles. The number of ether oxygens (including phenoxy) is 1. The molecule has 0 aliphatic carbocycles. The molecule has 1 aromatic heterocycles. The molecule has 0 radical (unpaired) electrons. The van der Waals surface area contributed by atoms with Crippen LogP contribution in [0.4, 0.5) is 24.8 Å². The molecule has 0 amide bonds. The Morgan fingerprint density at radius 2 is 2.12 bits per heavy atom. The lowest BCUT2D eigenvalue weighted by Gasteiger charge is -2.09. The van der Waals surface area contributed by atoms with E-state index in [0.717, 1.165) is 6.07 Å². The molecule has 10 heteroatoms. The van der Waals surface area contributed by atoms with Crippen LogP contribution in [-0.4, -0.2) is 16.3 Å². The van der Waals surface area contributed by atoms with E-state index < -0.39 is 28.7 Å². The molecule has 0 bridgehead atoms. The molecule has 1 aromatic rings. The zero-order valence-electron chi connectivity index (χ0n) is 8.19. The first-order chi connectivity index (χ1) is 7.74. The normalized spacial score (nSPS) is 11.3. The van der Waals surface area contributed by atoms with Crippen molar-refractivity contribution in [2.24, 2.45) is 5.73 Å². The van der Waals surface area contributed by atoms with Crippen LogP contribution in [0.5, 0.6) is 5.75 Å². The minimum atomic E-state index is -4.96. The van der Waals surface area contributed by atoms with Crippen LogP contribution in [0, 0.1) is 10.1 Å². The Kier molecular flexibility index (Phi) is 3.36. The van der Waals surface area contributed by atoms with E-state index in [9.17, 15) is 23.3 Å². The van der Waals surface area contributed by atoms with Crippen molar-refractivity contribution in [3.8, 4) is 5.75 Å². The van der Waals surface area contributed by atoms with Crippen LogP contribution >= 0.6 is 0 Å². The number of nitrogens with zero attached hydrogens (tertiary/aromatic N) is 2. The summed E-state index contributed by atoms with van der Waals surface area (Å²) in [7, 11) is 0. The maximum atomic E-state index is 11.9. The van der Waals surface area contributed by atoms with E-state index >= 15 is 0 Å². The summed E-state index contributed by atoms with van der Waals surface area (Å²) < 4.78 is 39.4. The fraction of sp³-hybridized carbons (Fsp3) is 0.286. The first-order valence-corrected chi connectivity index (χ1v) is 4.14. The number of anilines is 1. The van der Waals surface area contributed by atoms with Crippen molar-refractivity contribution in [3.63, 3.8) is 0 Å². The van der Waals surface area contributed by atoms with Crippen LogP contribution < -0.4 is 16.2 Å². The van der Waals surface area contributed by atoms with Gasteiger partial charge in [0.25, 0.3) is 5.82 Å². The number of nitro groups is 1. The van der Waals surface area contributed by atoms with Gasteiger partial charge in [0, 0.05) is 6.54 Å². The van der Waals surface area contributed by atoms with Crippen LogP contribution in [0.1, 0.15) is 5.56 Å². The van der Waals surface area contributed by atoms with Gasteiger partial charge in [0.2, 0.25) is 0 Å². The van der Waals surface area contributed by atoms with E-state index in [1.807, 2.05) is 0 Å². The Hall–Kier alpha value is -2.10. The molecule has 1 rings (SSSR count). The molecule has 0 aliphatic heterocycles. The summed E-state index contributed by atoms with van der Waals surface area (Å²) in [6, 6.07) is 0.744. The highest BCUT2D eigenvalue weighted by Gasteiger charge is 2.34. The molecule has 0 atom stereocenters. The van der Waals surface area contributed by atoms with Crippen molar-refractivity contribution in [3.05, 3.63) is 21.7 Å². The summed E-state index contributed by atoms with van der Waals surface area (Å²) in [5, 5.41) is 10.5. The second-order valence-corrected chi connectivity index (χ2v) is 2.86. The number of hydrogen-bond acceptors (Lipinski definition) is 6. The second kappa shape index (κ2) is 4.41. The van der Waals surface area contributed by atoms with Gasteiger partial charge in [-0.05, 0) is 16.0 Å². The number of nitrogen functional groups attached to an aromatic ring is 1. The molecule has 17 heavy (non-hydrogen) atoms. The highest BCUT2D eigenvalue weighted by Crippen LogP contribution is 2.31. The molecule has 0 aliphatic rings. The van der Waals surface area contributed by atoms with Gasteiger partial charge in [0.05, 0.1) is 5.56 Å². The van der Waals surface area contributed by atoms with Gasteiger partial charge in [-0.15, -0.1) is 13.2 Å². The smallest absolute Gasteiger partial charge is 0.399 e. The van der Waals surface area contributed by atoms with Crippen molar-refractivity contribution in [1.29, 1.82) is 0 Å². The molecule has 0 saturated carbocycles. The summed E-state index contributed by atoms with van der Waals surface area (Å²) in [6.07, 6.45) is -4.96. The fourth-order valence-electron chi connectivity index (χ4n) is 1.05. The summed E-state index contributed by atoms with van der Waals surface area (Å²) in [5.74, 6) is -2.24. The predicted molar refractivity (Wildman–Crippen MR) is 49.9 cm³/mol. The lowest BCUT2D eigenvalue weighted by atomic mass is 10.2. The van der Waals surface area contributed by atoms with E-state index in [1.54, 1.807) is 0 Å². The highest BCUT2D eigenvalue weighted by atomic mass is 19.4. The third-order valence-electron chi connectivity index (χ3n) is 1.69. The monoisotopic (exact) mass is 252 g/mol. The topological polar surface area (TPSA) is 117 Å². The highest BCUT2D eigenvalue weighted by molar-refractivity contribution is 5.53. The van der Waals surface area contributed by atoms with Gasteiger partial charge < -0.3 is 26.3 Å². The molecule has 94 valence electrons. The SMILES string of the molecule is NCc1cc(OC(F)(F)F)c(N)nc1[N+](=O)[O-]. The average molecular weight is 252 g/mol. The number of halogens is 3. The molecule has 0 fully saturated rings. The van der Waals surface area contributed by atoms with Crippen molar-refractivity contribution < 1.29 is 22.8 Å². The third kappa shape index (κ3) is 3.17. The minimum absolute atomic E-state index is 0.205. The van der Waals surface area contributed by atoms with Gasteiger partial charge in [0.15, 0.2) is 5.75 Å². The lowest BCUT2D eigenvalue weighted by Crippen LogP contribution is -2.19. The molecular formula is C7H7F3N4O3. The largest absolute Gasteiger partial charge is 0.573 e. The summed E-state index contributed by atoms with van der Waals surface area (Å²) >= 11 is 0. The first-order valence-electron chi connectivity index (χ1n) is 4.14. The van der Waals surface area contributed by atoms with Crippen LogP contribution in [-0.2, 0) is 6.54 Å². The average Bonchev–Trinajstić information content (AvgIpc) is 2.18. The maximum Gasteiger partial charge on any atom is 0.573 e. The van der Waals surface area contributed by atoms with E-state index in [1.165, 1.54) is 0 Å². The first kappa shape index (κ1) is 13.0. The summed E-state index contributed by atoms with van der Waals surface area (Å²) in [4.78, 5) is 12.8. The number of hydrogen-bond donors (Lipinski definition) is 2. The molecule has 7 nitrogen and oxygen atoms in total. The van der Waals surface area contributed by atoms with Gasteiger partial charge in [-0.1, -0.05) is 0 Å². The van der Waals surface area contributed by atoms with Gasteiger partial charge in [-0.25, -0.2) is 0 Å². The molecule has 0 spiro atoms. The minimum Gasteiger partial charge on any atom is -0.399 e. The Bertz CT molecular complexity index is 449. The van der Waals surface area contributed by atoms with E-state index in [4.69, 9.17) is 11.5 Å². The molecule has 0 saturated heterocycles.